The monoisotopic (exact) mass is 504 g/mol. The second-order valence-electron chi connectivity index (χ2n) is 10.0. The van der Waals surface area contributed by atoms with Gasteiger partial charge in [0.25, 0.3) is 0 Å². The van der Waals surface area contributed by atoms with Gasteiger partial charge in [0.15, 0.2) is 12.4 Å². The maximum atomic E-state index is 12.7. The molecular weight excluding hydrogens is 468 g/mol. The molecule has 2 aromatic rings. The summed E-state index contributed by atoms with van der Waals surface area (Å²) in [6.45, 7) is 8.21. The zero-order chi connectivity index (χ0) is 25.5. The quantitative estimate of drug-likeness (QED) is 0.285. The average molecular weight is 505 g/mol. The van der Waals surface area contributed by atoms with Crippen molar-refractivity contribution in [1.82, 2.24) is 0 Å². The van der Waals surface area contributed by atoms with E-state index >= 15 is 0 Å². The van der Waals surface area contributed by atoms with Crippen LogP contribution < -0.4 is 4.74 Å². The highest BCUT2D eigenvalue weighted by molar-refractivity contribution is 6.76. The van der Waals surface area contributed by atoms with E-state index in [2.05, 4.69) is 19.6 Å². The lowest BCUT2D eigenvalue weighted by Gasteiger charge is -2.48. The molecule has 0 saturated carbocycles. The first-order chi connectivity index (χ1) is 16.6. The van der Waals surface area contributed by atoms with Gasteiger partial charge in [0.1, 0.15) is 23.6 Å². The first-order valence-electron chi connectivity index (χ1n) is 11.8. The summed E-state index contributed by atoms with van der Waals surface area (Å²) in [5, 5.41) is 21.2. The topological polar surface area (TPSA) is 104 Å². The van der Waals surface area contributed by atoms with Gasteiger partial charge < -0.3 is 33.9 Å². The van der Waals surface area contributed by atoms with E-state index in [0.717, 1.165) is 11.6 Å². The molecule has 5 atom stereocenters. The lowest BCUT2D eigenvalue weighted by molar-refractivity contribution is -0.335. The molecule has 0 spiro atoms. The molecule has 2 aromatic carbocycles. The van der Waals surface area contributed by atoms with Crippen molar-refractivity contribution in [2.45, 2.75) is 69.4 Å². The van der Waals surface area contributed by atoms with Gasteiger partial charge in [0.2, 0.25) is 0 Å². The first kappa shape index (κ1) is 27.3. The fourth-order valence-corrected chi connectivity index (χ4v) is 4.44. The molecule has 2 N–H and O–H groups in total. The van der Waals surface area contributed by atoms with E-state index < -0.39 is 51.0 Å². The molecule has 35 heavy (non-hydrogen) atoms. The van der Waals surface area contributed by atoms with Crippen molar-refractivity contribution in [3.8, 4) is 5.75 Å². The van der Waals surface area contributed by atoms with Crippen molar-refractivity contribution < 1.29 is 38.7 Å². The zero-order valence-corrected chi connectivity index (χ0v) is 21.8. The number of benzene rings is 2. The van der Waals surface area contributed by atoms with Crippen LogP contribution in [-0.4, -0.2) is 67.9 Å². The smallest absolute Gasteiger partial charge is 0.424 e. The molecule has 1 aliphatic heterocycles. The Kier molecular flexibility index (Phi) is 9.45. The van der Waals surface area contributed by atoms with Crippen molar-refractivity contribution in [3.05, 3.63) is 66.2 Å². The van der Waals surface area contributed by atoms with E-state index in [9.17, 15) is 15.0 Å². The molecule has 9 heteroatoms. The van der Waals surface area contributed by atoms with Gasteiger partial charge in [-0.1, -0.05) is 68.2 Å². The third-order valence-electron chi connectivity index (χ3n) is 5.85. The molecule has 8 nitrogen and oxygen atoms in total. The second-order valence-corrected chi connectivity index (χ2v) is 15.7. The van der Waals surface area contributed by atoms with Gasteiger partial charge in [-0.05, 0) is 30.7 Å². The van der Waals surface area contributed by atoms with Crippen LogP contribution in [0.1, 0.15) is 12.5 Å². The number of rotatable bonds is 10. The van der Waals surface area contributed by atoms with Crippen LogP contribution in [0.4, 0.5) is 4.79 Å². The first-order valence-corrected chi connectivity index (χ1v) is 15.5. The Bertz CT molecular complexity index is 916. The molecule has 0 amide bonds. The van der Waals surface area contributed by atoms with E-state index in [1.165, 1.54) is 6.92 Å². The van der Waals surface area contributed by atoms with Crippen LogP contribution >= 0.6 is 0 Å². The van der Waals surface area contributed by atoms with Crippen LogP contribution in [-0.2, 0) is 25.6 Å². The fraction of sp³-hybridized carbons (Fsp3) is 0.500. The lowest BCUT2D eigenvalue weighted by Crippen LogP contribution is -2.67. The highest BCUT2D eigenvalue weighted by Crippen LogP contribution is 2.35. The van der Waals surface area contributed by atoms with Crippen molar-refractivity contribution in [2.24, 2.45) is 0 Å². The minimum absolute atomic E-state index is 0.177. The molecule has 1 saturated heterocycles. The Labute approximate surface area is 207 Å². The summed E-state index contributed by atoms with van der Waals surface area (Å²) in [5.74, 6) is 0.299. The summed E-state index contributed by atoms with van der Waals surface area (Å²) in [6, 6.07) is 18.8. The second kappa shape index (κ2) is 12.1. The Hall–Kier alpha value is -2.27. The highest BCUT2D eigenvalue weighted by Gasteiger charge is 2.56. The summed E-state index contributed by atoms with van der Waals surface area (Å²) >= 11 is 0. The molecule has 192 valence electrons. The number of hydrogen-bond acceptors (Lipinski definition) is 8. The number of para-hydroxylation sites is 1. The molecule has 0 radical (unpaired) electrons. The van der Waals surface area contributed by atoms with Crippen LogP contribution in [0.3, 0.4) is 0 Å². The zero-order valence-electron chi connectivity index (χ0n) is 20.8. The van der Waals surface area contributed by atoms with Gasteiger partial charge in [-0.15, -0.1) is 0 Å². The van der Waals surface area contributed by atoms with E-state index in [4.69, 9.17) is 23.7 Å². The molecule has 1 fully saturated rings. The van der Waals surface area contributed by atoms with E-state index in [-0.39, 0.29) is 6.61 Å². The molecular formula is C26H36O8Si. The Morgan fingerprint density at radius 2 is 1.66 bits per heavy atom. The van der Waals surface area contributed by atoms with E-state index in [1.807, 2.05) is 30.3 Å². The SMILES string of the molecule is C[C@]1(O)[C@H](OC(=O)Oc2ccccc2)[C@@H](OCc2ccccc2)[C@H](OCC[Si](C)(C)C)O[C@@H]1CO. The number of aliphatic hydroxyl groups is 2. The van der Waals surface area contributed by atoms with Gasteiger partial charge in [0.05, 0.1) is 13.2 Å². The largest absolute Gasteiger partial charge is 0.514 e. The molecule has 1 heterocycles. The van der Waals surface area contributed by atoms with Crippen molar-refractivity contribution in [1.29, 1.82) is 0 Å². The number of carbonyl (C=O) groups is 1. The lowest BCUT2D eigenvalue weighted by atomic mass is 9.85. The summed E-state index contributed by atoms with van der Waals surface area (Å²) in [4.78, 5) is 12.7. The van der Waals surface area contributed by atoms with Crippen molar-refractivity contribution in [2.75, 3.05) is 13.2 Å². The molecule has 0 aliphatic carbocycles. The molecule has 0 bridgehead atoms. The van der Waals surface area contributed by atoms with Crippen LogP contribution in [0.5, 0.6) is 5.75 Å². The normalized spacial score (nSPS) is 26.8. The standard InChI is InChI=1S/C26H36O8Si/c1-26(29)21(17-27)33-24(30-15-16-35(2,3)4)22(31-18-19-11-7-5-8-12-19)23(26)34-25(28)32-20-13-9-6-10-14-20/h5-14,21-24,27,29H,15-18H2,1-4H3/t21-,22-,23-,24-,26-/m1/s1. The van der Waals surface area contributed by atoms with E-state index in [0.29, 0.717) is 12.4 Å². The Balaban J connectivity index is 1.83. The van der Waals surface area contributed by atoms with Crippen molar-refractivity contribution in [3.63, 3.8) is 0 Å². The van der Waals surface area contributed by atoms with Crippen molar-refractivity contribution >= 4 is 14.2 Å². The third kappa shape index (κ3) is 7.86. The van der Waals surface area contributed by atoms with Crippen LogP contribution in [0, 0.1) is 0 Å². The van der Waals surface area contributed by atoms with Gasteiger partial charge in [-0.25, -0.2) is 4.79 Å². The highest BCUT2D eigenvalue weighted by atomic mass is 28.3. The maximum Gasteiger partial charge on any atom is 0.514 e. The predicted molar refractivity (Wildman–Crippen MR) is 133 cm³/mol. The molecule has 1 aliphatic rings. The average Bonchev–Trinajstić information content (AvgIpc) is 2.81. The molecule has 0 aromatic heterocycles. The Morgan fingerprint density at radius 1 is 1.03 bits per heavy atom. The van der Waals surface area contributed by atoms with Crippen LogP contribution in [0.25, 0.3) is 0 Å². The number of aliphatic hydroxyl groups excluding tert-OH is 1. The fourth-order valence-electron chi connectivity index (χ4n) is 3.71. The van der Waals surface area contributed by atoms with Crippen LogP contribution in [0.2, 0.25) is 25.7 Å². The summed E-state index contributed by atoms with van der Waals surface area (Å²) in [7, 11) is -1.40. The minimum atomic E-state index is -1.77. The van der Waals surface area contributed by atoms with Gasteiger partial charge in [-0.3, -0.25) is 0 Å². The molecule has 0 unspecified atom stereocenters. The van der Waals surface area contributed by atoms with Gasteiger partial charge in [0, 0.05) is 14.7 Å². The number of ether oxygens (including phenoxy) is 5. The van der Waals surface area contributed by atoms with E-state index in [1.54, 1.807) is 30.3 Å². The van der Waals surface area contributed by atoms with Gasteiger partial charge >= 0.3 is 6.16 Å². The Morgan fingerprint density at radius 3 is 2.26 bits per heavy atom. The minimum Gasteiger partial charge on any atom is -0.424 e. The third-order valence-corrected chi connectivity index (χ3v) is 7.55. The summed E-state index contributed by atoms with van der Waals surface area (Å²) in [6.07, 6.45) is -5.25. The number of carbonyl (C=O) groups excluding carboxylic acids is 1. The van der Waals surface area contributed by atoms with Gasteiger partial charge in [-0.2, -0.15) is 0 Å². The molecule has 3 rings (SSSR count). The number of hydrogen-bond donors (Lipinski definition) is 2. The van der Waals surface area contributed by atoms with Crippen LogP contribution in [0.15, 0.2) is 60.7 Å². The summed E-state index contributed by atoms with van der Waals surface area (Å²) in [5.41, 5.74) is -0.882. The maximum absolute atomic E-state index is 12.7. The predicted octanol–water partition coefficient (Wildman–Crippen LogP) is 3.98. The summed E-state index contributed by atoms with van der Waals surface area (Å²) < 4.78 is 29.0.